The highest BCUT2D eigenvalue weighted by atomic mass is 19.1. The molecule has 3 nitrogen and oxygen atoms in total. The summed E-state index contributed by atoms with van der Waals surface area (Å²) in [6.07, 6.45) is 5.01. The Morgan fingerprint density at radius 1 is 1.40 bits per heavy atom. The van der Waals surface area contributed by atoms with Gasteiger partial charge >= 0.3 is 0 Å². The molecule has 1 aliphatic rings. The number of nitrogens with two attached hydrogens (primary N) is 1. The average Bonchev–Trinajstić information content (AvgIpc) is 2.59. The van der Waals surface area contributed by atoms with Crippen LogP contribution in [-0.2, 0) is 11.3 Å². The van der Waals surface area contributed by atoms with Crippen LogP contribution in [0.15, 0.2) is 18.2 Å². The van der Waals surface area contributed by atoms with Crippen LogP contribution in [0.3, 0.4) is 0 Å². The lowest BCUT2D eigenvalue weighted by molar-refractivity contribution is -0.131. The van der Waals surface area contributed by atoms with Gasteiger partial charge in [-0.3, -0.25) is 4.79 Å². The molecule has 1 aromatic carbocycles. The molecule has 1 aromatic rings. The molecule has 110 valence electrons. The van der Waals surface area contributed by atoms with E-state index in [1.54, 1.807) is 12.1 Å². The van der Waals surface area contributed by atoms with Crippen molar-refractivity contribution in [2.24, 2.45) is 5.92 Å². The number of rotatable bonds is 4. The largest absolute Gasteiger partial charge is 0.396 e. The molecular formula is C16H23FN2O. The van der Waals surface area contributed by atoms with E-state index in [1.807, 2.05) is 4.90 Å². The van der Waals surface area contributed by atoms with Crippen LogP contribution >= 0.6 is 0 Å². The van der Waals surface area contributed by atoms with Gasteiger partial charge in [-0.2, -0.15) is 0 Å². The van der Waals surface area contributed by atoms with Crippen LogP contribution in [0.25, 0.3) is 0 Å². The third kappa shape index (κ3) is 3.71. The molecule has 1 unspecified atom stereocenters. The summed E-state index contributed by atoms with van der Waals surface area (Å²) >= 11 is 0. The first-order valence-corrected chi connectivity index (χ1v) is 7.41. The average molecular weight is 278 g/mol. The maximum absolute atomic E-state index is 13.4. The van der Waals surface area contributed by atoms with Gasteiger partial charge in [0.2, 0.25) is 5.91 Å². The van der Waals surface area contributed by atoms with Crippen molar-refractivity contribution in [1.29, 1.82) is 0 Å². The number of benzene rings is 1. The lowest BCUT2D eigenvalue weighted by Gasteiger charge is -2.21. The summed E-state index contributed by atoms with van der Waals surface area (Å²) < 4.78 is 13.4. The lowest BCUT2D eigenvalue weighted by atomic mass is 9.96. The van der Waals surface area contributed by atoms with Crippen LogP contribution in [0.4, 0.5) is 10.1 Å². The van der Waals surface area contributed by atoms with Crippen molar-refractivity contribution in [3.8, 4) is 0 Å². The van der Waals surface area contributed by atoms with Crippen LogP contribution < -0.4 is 5.73 Å². The molecule has 1 heterocycles. The maximum Gasteiger partial charge on any atom is 0.222 e. The quantitative estimate of drug-likeness (QED) is 0.859. The van der Waals surface area contributed by atoms with Gasteiger partial charge in [0.25, 0.3) is 0 Å². The number of hydrogen-bond donors (Lipinski definition) is 1. The van der Waals surface area contributed by atoms with Crippen molar-refractivity contribution in [2.45, 2.75) is 45.6 Å². The smallest absolute Gasteiger partial charge is 0.222 e. The molecule has 0 aliphatic carbocycles. The number of halogens is 1. The number of carbonyl (C=O) groups excluding carboxylic acids is 1. The van der Waals surface area contributed by atoms with Crippen molar-refractivity contribution in [3.05, 3.63) is 29.6 Å². The van der Waals surface area contributed by atoms with E-state index in [1.165, 1.54) is 18.9 Å². The molecular weight excluding hydrogens is 255 g/mol. The zero-order valence-electron chi connectivity index (χ0n) is 12.1. The summed E-state index contributed by atoms with van der Waals surface area (Å²) in [5, 5.41) is 0. The first-order chi connectivity index (χ1) is 9.60. The highest BCUT2D eigenvalue weighted by Gasteiger charge is 2.22. The van der Waals surface area contributed by atoms with Gasteiger partial charge in [0.05, 0.1) is 5.69 Å². The molecule has 1 saturated heterocycles. The lowest BCUT2D eigenvalue weighted by Crippen LogP contribution is -2.29. The number of amides is 1. The number of nitrogens with zero attached hydrogens (tertiary/aromatic N) is 1. The van der Waals surface area contributed by atoms with Crippen molar-refractivity contribution >= 4 is 11.6 Å². The predicted molar refractivity (Wildman–Crippen MR) is 78.5 cm³/mol. The summed E-state index contributed by atoms with van der Waals surface area (Å²) in [5.74, 6) is 0.423. The molecule has 0 radical (unpaired) electrons. The molecule has 0 aromatic heterocycles. The number of nitrogen functional groups attached to an aromatic ring is 1. The third-order valence-corrected chi connectivity index (χ3v) is 4.06. The minimum atomic E-state index is -0.409. The highest BCUT2D eigenvalue weighted by Crippen LogP contribution is 2.24. The van der Waals surface area contributed by atoms with Crippen LogP contribution in [0.2, 0.25) is 0 Å². The topological polar surface area (TPSA) is 46.3 Å². The molecule has 0 saturated carbocycles. The molecule has 1 fully saturated rings. The first-order valence-electron chi connectivity index (χ1n) is 7.41. The van der Waals surface area contributed by atoms with Gasteiger partial charge in [-0.15, -0.1) is 0 Å². The van der Waals surface area contributed by atoms with E-state index in [4.69, 9.17) is 5.73 Å². The SMILES string of the molecule is CCCC1CCC(=O)N(Cc2ccc(N)c(F)c2)CC1. The molecule has 2 rings (SSSR count). The number of hydrogen-bond acceptors (Lipinski definition) is 2. The summed E-state index contributed by atoms with van der Waals surface area (Å²) in [7, 11) is 0. The van der Waals surface area contributed by atoms with Crippen LogP contribution in [-0.4, -0.2) is 17.4 Å². The Morgan fingerprint density at radius 2 is 2.20 bits per heavy atom. The van der Waals surface area contributed by atoms with E-state index in [0.29, 0.717) is 18.9 Å². The Kier molecular flexibility index (Phi) is 4.99. The van der Waals surface area contributed by atoms with E-state index in [-0.39, 0.29) is 11.6 Å². The fraction of sp³-hybridized carbons (Fsp3) is 0.562. The molecule has 4 heteroatoms. The number of likely N-dealkylation sites (tertiary alicyclic amines) is 1. The summed E-state index contributed by atoms with van der Waals surface area (Å²) in [5.41, 5.74) is 6.43. The van der Waals surface area contributed by atoms with E-state index in [2.05, 4.69) is 6.92 Å². The van der Waals surface area contributed by atoms with Crippen molar-refractivity contribution in [1.82, 2.24) is 4.90 Å². The summed E-state index contributed by atoms with van der Waals surface area (Å²) in [4.78, 5) is 14.0. The van der Waals surface area contributed by atoms with Gasteiger partial charge in [0, 0.05) is 19.5 Å². The van der Waals surface area contributed by atoms with Gasteiger partial charge < -0.3 is 10.6 Å². The molecule has 1 aliphatic heterocycles. The second-order valence-electron chi connectivity index (χ2n) is 5.65. The molecule has 1 atom stereocenters. The molecule has 1 amide bonds. The summed E-state index contributed by atoms with van der Waals surface area (Å²) in [6.45, 7) is 3.44. The Bertz CT molecular complexity index is 476. The van der Waals surface area contributed by atoms with Gasteiger partial charge in [-0.1, -0.05) is 25.8 Å². The fourth-order valence-corrected chi connectivity index (χ4v) is 2.85. The standard InChI is InChI=1S/C16H23FN2O/c1-2-3-12-5-7-16(20)19(9-8-12)11-13-4-6-15(18)14(17)10-13/h4,6,10,12H,2-3,5,7-9,11,18H2,1H3. The Balaban J connectivity index is 2.00. The first kappa shape index (κ1) is 14.8. The minimum absolute atomic E-state index is 0.152. The minimum Gasteiger partial charge on any atom is -0.396 e. The second-order valence-corrected chi connectivity index (χ2v) is 5.65. The predicted octanol–water partition coefficient (Wildman–Crippen LogP) is 3.34. The number of anilines is 1. The van der Waals surface area contributed by atoms with E-state index in [9.17, 15) is 9.18 Å². The van der Waals surface area contributed by atoms with Gasteiger partial charge in [-0.05, 0) is 36.5 Å². The second kappa shape index (κ2) is 6.73. The summed E-state index contributed by atoms with van der Waals surface area (Å²) in [6, 6.07) is 4.78. The van der Waals surface area contributed by atoms with Crippen LogP contribution in [0, 0.1) is 11.7 Å². The zero-order chi connectivity index (χ0) is 14.5. The number of carbonyl (C=O) groups is 1. The fourth-order valence-electron chi connectivity index (χ4n) is 2.85. The van der Waals surface area contributed by atoms with Crippen LogP contribution in [0.1, 0.15) is 44.6 Å². The molecule has 0 spiro atoms. The third-order valence-electron chi connectivity index (χ3n) is 4.06. The van der Waals surface area contributed by atoms with Gasteiger partial charge in [0.15, 0.2) is 0 Å². The Morgan fingerprint density at radius 3 is 2.90 bits per heavy atom. The monoisotopic (exact) mass is 278 g/mol. The Labute approximate surface area is 120 Å². The zero-order valence-corrected chi connectivity index (χ0v) is 12.1. The van der Waals surface area contributed by atoms with E-state index in [0.717, 1.165) is 24.9 Å². The molecule has 2 N–H and O–H groups in total. The highest BCUT2D eigenvalue weighted by molar-refractivity contribution is 5.76. The van der Waals surface area contributed by atoms with Gasteiger partial charge in [0.1, 0.15) is 5.82 Å². The van der Waals surface area contributed by atoms with Gasteiger partial charge in [-0.25, -0.2) is 4.39 Å². The van der Waals surface area contributed by atoms with E-state index >= 15 is 0 Å². The Hall–Kier alpha value is -1.58. The van der Waals surface area contributed by atoms with Crippen LogP contribution in [0.5, 0.6) is 0 Å². The van der Waals surface area contributed by atoms with Crippen molar-refractivity contribution < 1.29 is 9.18 Å². The van der Waals surface area contributed by atoms with Crippen molar-refractivity contribution in [2.75, 3.05) is 12.3 Å². The molecule has 20 heavy (non-hydrogen) atoms. The molecule has 0 bridgehead atoms. The van der Waals surface area contributed by atoms with Crippen molar-refractivity contribution in [3.63, 3.8) is 0 Å². The maximum atomic E-state index is 13.4. The normalized spacial score (nSPS) is 20.0. The van der Waals surface area contributed by atoms with E-state index < -0.39 is 5.82 Å².